The number of benzene rings is 2. The fourth-order valence-electron chi connectivity index (χ4n) is 2.62. The van der Waals surface area contributed by atoms with E-state index in [9.17, 15) is 14.0 Å². The lowest BCUT2D eigenvalue weighted by molar-refractivity contribution is -0.123. The lowest BCUT2D eigenvalue weighted by atomic mass is 10.2. The first kappa shape index (κ1) is 20.4. The topological polar surface area (TPSA) is 46.6 Å². The van der Waals surface area contributed by atoms with Crippen molar-refractivity contribution in [1.29, 1.82) is 0 Å². The molecule has 0 saturated carbocycles. The van der Waals surface area contributed by atoms with Crippen molar-refractivity contribution in [3.8, 4) is 5.75 Å². The summed E-state index contributed by atoms with van der Waals surface area (Å²) in [6, 6.07) is 11.5. The minimum absolute atomic E-state index is 0.126. The number of carbonyl (C=O) groups excluding carboxylic acids is 2. The molecule has 1 saturated heterocycles. The summed E-state index contributed by atoms with van der Waals surface area (Å²) < 4.78 is 19.6. The van der Waals surface area contributed by atoms with Crippen LogP contribution in [-0.4, -0.2) is 22.7 Å². The van der Waals surface area contributed by atoms with Crippen molar-refractivity contribution in [1.82, 2.24) is 4.90 Å². The molecule has 0 radical (unpaired) electrons. The van der Waals surface area contributed by atoms with E-state index in [1.807, 2.05) is 24.3 Å². The Morgan fingerprint density at radius 1 is 1.18 bits per heavy atom. The number of ether oxygens (including phenoxy) is 1. The van der Waals surface area contributed by atoms with Gasteiger partial charge in [0.05, 0.1) is 18.1 Å². The first-order chi connectivity index (χ1) is 13.5. The number of imide groups is 1. The summed E-state index contributed by atoms with van der Waals surface area (Å²) in [7, 11) is 0. The molecule has 0 bridgehead atoms. The highest BCUT2D eigenvalue weighted by atomic mass is 35.5. The van der Waals surface area contributed by atoms with Crippen LogP contribution in [0.25, 0.3) is 6.08 Å². The van der Waals surface area contributed by atoms with Crippen molar-refractivity contribution in [2.24, 2.45) is 0 Å². The van der Waals surface area contributed by atoms with Gasteiger partial charge in [0.25, 0.3) is 11.1 Å². The molecule has 0 atom stereocenters. The van der Waals surface area contributed by atoms with Gasteiger partial charge >= 0.3 is 0 Å². The fourth-order valence-corrected chi connectivity index (χ4v) is 3.68. The average Bonchev–Trinajstić information content (AvgIpc) is 2.93. The van der Waals surface area contributed by atoms with E-state index in [1.165, 1.54) is 18.2 Å². The Labute approximate surface area is 172 Å². The van der Waals surface area contributed by atoms with Gasteiger partial charge < -0.3 is 4.74 Å². The molecular weight excluding hydrogens is 401 g/mol. The van der Waals surface area contributed by atoms with Crippen LogP contribution >= 0.6 is 23.4 Å². The zero-order chi connectivity index (χ0) is 20.1. The first-order valence-electron chi connectivity index (χ1n) is 8.90. The first-order valence-corrected chi connectivity index (χ1v) is 10.1. The smallest absolute Gasteiger partial charge is 0.293 e. The maximum atomic E-state index is 14.0. The van der Waals surface area contributed by atoms with Gasteiger partial charge in [-0.1, -0.05) is 43.1 Å². The predicted octanol–water partition coefficient (Wildman–Crippen LogP) is 5.89. The zero-order valence-corrected chi connectivity index (χ0v) is 16.9. The van der Waals surface area contributed by atoms with Crippen molar-refractivity contribution < 1.29 is 18.7 Å². The molecule has 1 aliphatic rings. The van der Waals surface area contributed by atoms with Gasteiger partial charge in [-0.25, -0.2) is 4.39 Å². The monoisotopic (exact) mass is 419 g/mol. The van der Waals surface area contributed by atoms with Gasteiger partial charge in [-0.05, 0) is 54.1 Å². The second-order valence-electron chi connectivity index (χ2n) is 6.24. The minimum atomic E-state index is -0.547. The fraction of sp³-hybridized carbons (Fsp3) is 0.238. The molecule has 2 aromatic rings. The van der Waals surface area contributed by atoms with E-state index >= 15 is 0 Å². The van der Waals surface area contributed by atoms with Crippen LogP contribution in [0, 0.1) is 5.82 Å². The number of nitrogens with zero attached hydrogens (tertiary/aromatic N) is 1. The van der Waals surface area contributed by atoms with Crippen molar-refractivity contribution in [3.63, 3.8) is 0 Å². The number of carbonyl (C=O) groups is 2. The van der Waals surface area contributed by atoms with Crippen molar-refractivity contribution >= 4 is 40.6 Å². The van der Waals surface area contributed by atoms with Crippen LogP contribution in [0.15, 0.2) is 47.4 Å². The van der Waals surface area contributed by atoms with Gasteiger partial charge in [0.1, 0.15) is 11.6 Å². The number of amides is 2. The average molecular weight is 420 g/mol. The summed E-state index contributed by atoms with van der Waals surface area (Å²) in [6.07, 6.45) is 3.69. The SMILES string of the molecule is CCCCOc1ccc(/C=C2\SC(=O)N(Cc3c(F)cccc3Cl)C2=O)cc1. The molecule has 1 aliphatic heterocycles. The van der Waals surface area contributed by atoms with E-state index in [0.29, 0.717) is 6.61 Å². The van der Waals surface area contributed by atoms with Crippen molar-refractivity contribution in [2.45, 2.75) is 26.3 Å². The Balaban J connectivity index is 1.72. The molecular formula is C21H19ClFNO3S. The Morgan fingerprint density at radius 2 is 1.93 bits per heavy atom. The number of hydrogen-bond donors (Lipinski definition) is 0. The summed E-state index contributed by atoms with van der Waals surface area (Å²) >= 11 is 6.84. The number of unbranched alkanes of at least 4 members (excludes halogenated alkanes) is 1. The third-order valence-electron chi connectivity index (χ3n) is 4.20. The lowest BCUT2D eigenvalue weighted by Crippen LogP contribution is -2.28. The third-order valence-corrected chi connectivity index (χ3v) is 5.46. The molecule has 4 nitrogen and oxygen atoms in total. The van der Waals surface area contributed by atoms with Crippen LogP contribution in [0.1, 0.15) is 30.9 Å². The van der Waals surface area contributed by atoms with Crippen LogP contribution in [0.4, 0.5) is 9.18 Å². The highest BCUT2D eigenvalue weighted by molar-refractivity contribution is 8.18. The van der Waals surface area contributed by atoms with Gasteiger partial charge in [-0.15, -0.1) is 0 Å². The Hall–Kier alpha value is -2.31. The second kappa shape index (κ2) is 9.26. The van der Waals surface area contributed by atoms with Gasteiger partial charge in [0.2, 0.25) is 0 Å². The zero-order valence-electron chi connectivity index (χ0n) is 15.3. The quantitative estimate of drug-likeness (QED) is 0.414. The normalized spacial score (nSPS) is 15.5. The maximum absolute atomic E-state index is 14.0. The Kier molecular flexibility index (Phi) is 6.75. The molecule has 0 aromatic heterocycles. The number of thioether (sulfide) groups is 1. The number of hydrogen-bond acceptors (Lipinski definition) is 4. The van der Waals surface area contributed by atoms with E-state index in [2.05, 4.69) is 6.92 Å². The van der Waals surface area contributed by atoms with E-state index in [1.54, 1.807) is 6.08 Å². The van der Waals surface area contributed by atoms with Crippen LogP contribution in [0.3, 0.4) is 0 Å². The van der Waals surface area contributed by atoms with E-state index < -0.39 is 17.0 Å². The number of halogens is 2. The molecule has 0 N–H and O–H groups in total. The van der Waals surface area contributed by atoms with E-state index in [0.717, 1.165) is 40.8 Å². The molecule has 146 valence electrons. The summed E-state index contributed by atoms with van der Waals surface area (Å²) in [5, 5.41) is -0.267. The molecule has 1 fully saturated rings. The Bertz CT molecular complexity index is 894. The van der Waals surface area contributed by atoms with Crippen LogP contribution in [0.2, 0.25) is 5.02 Å². The van der Waals surface area contributed by atoms with Crippen molar-refractivity contribution in [2.75, 3.05) is 6.61 Å². The van der Waals surface area contributed by atoms with Gasteiger partial charge in [0, 0.05) is 10.6 Å². The summed E-state index contributed by atoms with van der Waals surface area (Å²) in [5.41, 5.74) is 0.901. The highest BCUT2D eigenvalue weighted by Gasteiger charge is 2.35. The third kappa shape index (κ3) is 4.75. The summed E-state index contributed by atoms with van der Waals surface area (Å²) in [4.78, 5) is 26.2. The van der Waals surface area contributed by atoms with Crippen molar-refractivity contribution in [3.05, 3.63) is 69.3 Å². The van der Waals surface area contributed by atoms with E-state index in [-0.39, 0.29) is 22.0 Å². The molecule has 0 spiro atoms. The summed E-state index contributed by atoms with van der Waals surface area (Å²) in [5.74, 6) is -0.250. The van der Waals surface area contributed by atoms with E-state index in [4.69, 9.17) is 16.3 Å². The molecule has 2 aromatic carbocycles. The largest absolute Gasteiger partial charge is 0.494 e. The molecule has 0 aliphatic carbocycles. The molecule has 1 heterocycles. The minimum Gasteiger partial charge on any atom is -0.494 e. The van der Waals surface area contributed by atoms with Crippen LogP contribution in [-0.2, 0) is 11.3 Å². The molecule has 3 rings (SSSR count). The molecule has 7 heteroatoms. The molecule has 2 amide bonds. The predicted molar refractivity (Wildman–Crippen MR) is 110 cm³/mol. The second-order valence-corrected chi connectivity index (χ2v) is 7.64. The molecule has 28 heavy (non-hydrogen) atoms. The maximum Gasteiger partial charge on any atom is 0.293 e. The van der Waals surface area contributed by atoms with Gasteiger partial charge in [0.15, 0.2) is 0 Å². The molecule has 0 unspecified atom stereocenters. The van der Waals surface area contributed by atoms with Gasteiger partial charge in [-0.3, -0.25) is 14.5 Å². The van der Waals surface area contributed by atoms with Crippen LogP contribution < -0.4 is 4.74 Å². The highest BCUT2D eigenvalue weighted by Crippen LogP contribution is 2.34. The number of rotatable bonds is 7. The Morgan fingerprint density at radius 3 is 2.61 bits per heavy atom. The van der Waals surface area contributed by atoms with Crippen LogP contribution in [0.5, 0.6) is 5.75 Å². The lowest BCUT2D eigenvalue weighted by Gasteiger charge is -2.14. The summed E-state index contributed by atoms with van der Waals surface area (Å²) in [6.45, 7) is 2.56. The van der Waals surface area contributed by atoms with Gasteiger partial charge in [-0.2, -0.15) is 0 Å². The standard InChI is InChI=1S/C21H19ClFNO3S/c1-2-3-11-27-15-9-7-14(8-10-15)12-19-20(25)24(21(26)28-19)13-16-17(22)5-4-6-18(16)23/h4-10,12H,2-3,11,13H2,1H3/b19-12-.